The molecule has 3 aromatic rings. The molecule has 3 rings (SSSR count). The number of methoxy groups -OCH3 is 2. The van der Waals surface area contributed by atoms with Gasteiger partial charge in [-0.3, -0.25) is 0 Å². The maximum absolute atomic E-state index is 6.49. The van der Waals surface area contributed by atoms with Crippen LogP contribution in [0.25, 0.3) is 0 Å². The summed E-state index contributed by atoms with van der Waals surface area (Å²) in [6.07, 6.45) is 0.859. The molecule has 158 valence electrons. The largest absolute Gasteiger partial charge is 0.496 e. The third-order valence-corrected chi connectivity index (χ3v) is 5.47. The lowest BCUT2D eigenvalue weighted by atomic mass is 10.1. The van der Waals surface area contributed by atoms with Gasteiger partial charge in [0.2, 0.25) is 0 Å². The predicted molar refractivity (Wildman–Crippen MR) is 122 cm³/mol. The number of hydrogen-bond donors (Lipinski definition) is 1. The average molecular weight is 446 g/mol. The lowest BCUT2D eigenvalue weighted by Crippen LogP contribution is -2.17. The van der Waals surface area contributed by atoms with Crippen molar-refractivity contribution < 1.29 is 14.2 Å². The Morgan fingerprint density at radius 1 is 0.733 bits per heavy atom. The normalized spacial score (nSPS) is 10.7. The molecule has 0 saturated heterocycles. The summed E-state index contributed by atoms with van der Waals surface area (Å²) in [4.78, 5) is 0. The van der Waals surface area contributed by atoms with E-state index >= 15 is 0 Å². The zero-order chi connectivity index (χ0) is 21.3. The Labute approximate surface area is 187 Å². The highest BCUT2D eigenvalue weighted by Gasteiger charge is 2.12. The molecule has 0 heterocycles. The summed E-state index contributed by atoms with van der Waals surface area (Å²) >= 11 is 12.7. The summed E-state index contributed by atoms with van der Waals surface area (Å²) in [7, 11) is 3.30. The van der Waals surface area contributed by atoms with Crippen molar-refractivity contribution in [1.82, 2.24) is 5.32 Å². The first-order valence-electron chi connectivity index (χ1n) is 9.67. The van der Waals surface area contributed by atoms with Crippen LogP contribution in [0.5, 0.6) is 17.2 Å². The maximum Gasteiger partial charge on any atom is 0.163 e. The number of halogens is 2. The zero-order valence-corrected chi connectivity index (χ0v) is 18.6. The minimum absolute atomic E-state index is 0.336. The minimum atomic E-state index is 0.336. The average Bonchev–Trinajstić information content (AvgIpc) is 2.77. The van der Waals surface area contributed by atoms with Crippen LogP contribution in [0.4, 0.5) is 0 Å². The molecule has 0 fully saturated rings. The number of benzene rings is 3. The molecule has 0 aliphatic heterocycles. The number of para-hydroxylation sites is 1. The maximum atomic E-state index is 6.49. The highest BCUT2D eigenvalue weighted by atomic mass is 35.5. The van der Waals surface area contributed by atoms with E-state index in [2.05, 4.69) is 11.4 Å². The Balaban J connectivity index is 1.60. The van der Waals surface area contributed by atoms with Gasteiger partial charge in [0, 0.05) is 28.2 Å². The second kappa shape index (κ2) is 11.1. The molecule has 0 aliphatic carbocycles. The van der Waals surface area contributed by atoms with Crippen LogP contribution in [-0.2, 0) is 19.6 Å². The first-order chi connectivity index (χ1) is 14.6. The van der Waals surface area contributed by atoms with Gasteiger partial charge in [-0.15, -0.1) is 0 Å². The van der Waals surface area contributed by atoms with Gasteiger partial charge in [0.1, 0.15) is 12.4 Å². The first kappa shape index (κ1) is 22.3. The summed E-state index contributed by atoms with van der Waals surface area (Å²) in [5.41, 5.74) is 3.01. The molecular weight excluding hydrogens is 421 g/mol. The SMILES string of the molecule is COc1ccccc1CCNCc1cc(OC)c(OCc2ccccc2Cl)cc1Cl. The predicted octanol–water partition coefficient (Wildman–Crippen LogP) is 5.92. The Hall–Kier alpha value is -2.40. The fourth-order valence-electron chi connectivity index (χ4n) is 3.11. The molecule has 0 amide bonds. The molecule has 0 spiro atoms. The number of ether oxygens (including phenoxy) is 3. The first-order valence-corrected chi connectivity index (χ1v) is 10.4. The van der Waals surface area contributed by atoms with E-state index < -0.39 is 0 Å². The Morgan fingerprint density at radius 2 is 1.43 bits per heavy atom. The van der Waals surface area contributed by atoms with Gasteiger partial charge in [-0.05, 0) is 42.3 Å². The van der Waals surface area contributed by atoms with Crippen molar-refractivity contribution >= 4 is 23.2 Å². The molecule has 1 N–H and O–H groups in total. The standard InChI is InChI=1S/C24H25Cl2NO3/c1-28-22-10-6-4-7-17(22)11-12-27-15-19-13-23(29-2)24(14-21(19)26)30-16-18-8-3-5-9-20(18)25/h3-10,13-14,27H,11-12,15-16H2,1-2H3. The van der Waals surface area contributed by atoms with Crippen LogP contribution in [-0.4, -0.2) is 20.8 Å². The van der Waals surface area contributed by atoms with Crippen LogP contribution >= 0.6 is 23.2 Å². The van der Waals surface area contributed by atoms with Crippen molar-refractivity contribution in [2.45, 2.75) is 19.6 Å². The Morgan fingerprint density at radius 3 is 2.17 bits per heavy atom. The van der Waals surface area contributed by atoms with Crippen LogP contribution < -0.4 is 19.5 Å². The topological polar surface area (TPSA) is 39.7 Å². The second-order valence-corrected chi connectivity index (χ2v) is 7.53. The molecule has 4 nitrogen and oxygen atoms in total. The van der Waals surface area contributed by atoms with Crippen molar-refractivity contribution in [2.75, 3.05) is 20.8 Å². The number of nitrogens with one attached hydrogen (secondary N) is 1. The lowest BCUT2D eigenvalue weighted by Gasteiger charge is -2.15. The van der Waals surface area contributed by atoms with E-state index in [4.69, 9.17) is 37.4 Å². The van der Waals surface area contributed by atoms with Gasteiger partial charge in [0.25, 0.3) is 0 Å². The molecule has 0 aliphatic rings. The van der Waals surface area contributed by atoms with Crippen LogP contribution in [0.3, 0.4) is 0 Å². The van der Waals surface area contributed by atoms with E-state index in [-0.39, 0.29) is 0 Å². The van der Waals surface area contributed by atoms with E-state index in [1.165, 1.54) is 5.56 Å². The van der Waals surface area contributed by atoms with Crippen LogP contribution in [0.1, 0.15) is 16.7 Å². The quantitative estimate of drug-likeness (QED) is 0.393. The molecule has 0 bridgehead atoms. The zero-order valence-electron chi connectivity index (χ0n) is 17.1. The molecule has 0 radical (unpaired) electrons. The summed E-state index contributed by atoms with van der Waals surface area (Å²) in [5, 5.41) is 4.71. The van der Waals surface area contributed by atoms with E-state index in [0.29, 0.717) is 34.7 Å². The summed E-state index contributed by atoms with van der Waals surface area (Å²) in [6, 6.07) is 19.3. The van der Waals surface area contributed by atoms with Gasteiger partial charge in [-0.2, -0.15) is 0 Å². The smallest absolute Gasteiger partial charge is 0.163 e. The van der Waals surface area contributed by atoms with Crippen molar-refractivity contribution in [1.29, 1.82) is 0 Å². The van der Waals surface area contributed by atoms with Gasteiger partial charge < -0.3 is 19.5 Å². The lowest BCUT2D eigenvalue weighted by molar-refractivity contribution is 0.284. The van der Waals surface area contributed by atoms with Gasteiger partial charge in [-0.25, -0.2) is 0 Å². The van der Waals surface area contributed by atoms with Crippen LogP contribution in [0.15, 0.2) is 60.7 Å². The molecule has 0 aromatic heterocycles. The molecule has 6 heteroatoms. The second-order valence-electron chi connectivity index (χ2n) is 6.71. The summed E-state index contributed by atoms with van der Waals surface area (Å²) in [6.45, 7) is 1.75. The van der Waals surface area contributed by atoms with Crippen LogP contribution in [0.2, 0.25) is 10.0 Å². The Kier molecular flexibility index (Phi) is 8.26. The van der Waals surface area contributed by atoms with E-state index in [9.17, 15) is 0 Å². The third kappa shape index (κ3) is 5.82. The number of rotatable bonds is 10. The van der Waals surface area contributed by atoms with E-state index in [1.54, 1.807) is 20.3 Å². The molecule has 0 unspecified atom stereocenters. The van der Waals surface area contributed by atoms with Gasteiger partial charge in [0.05, 0.1) is 14.2 Å². The summed E-state index contributed by atoms with van der Waals surface area (Å²) < 4.78 is 16.8. The Bertz CT molecular complexity index is 978. The highest BCUT2D eigenvalue weighted by molar-refractivity contribution is 6.31. The van der Waals surface area contributed by atoms with Crippen molar-refractivity contribution in [3.8, 4) is 17.2 Å². The van der Waals surface area contributed by atoms with Gasteiger partial charge in [0.15, 0.2) is 11.5 Å². The van der Waals surface area contributed by atoms with E-state index in [0.717, 1.165) is 29.8 Å². The van der Waals surface area contributed by atoms with Crippen molar-refractivity contribution in [3.63, 3.8) is 0 Å². The fraction of sp³-hybridized carbons (Fsp3) is 0.250. The van der Waals surface area contributed by atoms with Gasteiger partial charge in [-0.1, -0.05) is 59.6 Å². The fourth-order valence-corrected chi connectivity index (χ4v) is 3.52. The van der Waals surface area contributed by atoms with Crippen LogP contribution in [0, 0.1) is 0 Å². The minimum Gasteiger partial charge on any atom is -0.496 e. The number of hydrogen-bond acceptors (Lipinski definition) is 4. The van der Waals surface area contributed by atoms with Gasteiger partial charge >= 0.3 is 0 Å². The molecule has 30 heavy (non-hydrogen) atoms. The third-order valence-electron chi connectivity index (χ3n) is 4.75. The van der Waals surface area contributed by atoms with E-state index in [1.807, 2.05) is 48.5 Å². The molecular formula is C24H25Cl2NO3. The van der Waals surface area contributed by atoms with Crippen molar-refractivity contribution in [2.24, 2.45) is 0 Å². The highest BCUT2D eigenvalue weighted by Crippen LogP contribution is 2.34. The molecule has 0 atom stereocenters. The molecule has 3 aromatic carbocycles. The monoisotopic (exact) mass is 445 g/mol. The summed E-state index contributed by atoms with van der Waals surface area (Å²) in [5.74, 6) is 2.12. The molecule has 0 saturated carbocycles. The van der Waals surface area contributed by atoms with Crippen molar-refractivity contribution in [3.05, 3.63) is 87.4 Å².